The predicted molar refractivity (Wildman–Crippen MR) is 122 cm³/mol. The zero-order chi connectivity index (χ0) is 22.4. The van der Waals surface area contributed by atoms with Crippen LogP contribution in [-0.4, -0.2) is 49.0 Å². The van der Waals surface area contributed by atoms with Crippen molar-refractivity contribution in [3.63, 3.8) is 0 Å². The highest BCUT2D eigenvalue weighted by Gasteiger charge is 2.41. The van der Waals surface area contributed by atoms with Gasteiger partial charge < -0.3 is 19.6 Å². The van der Waals surface area contributed by atoms with Crippen LogP contribution >= 0.6 is 0 Å². The number of phenols is 1. The molecule has 4 atom stereocenters. The molecule has 2 aliphatic rings. The normalized spacial score (nSPS) is 24.6. The molecule has 2 fully saturated rings. The number of benzene rings is 1. The van der Waals surface area contributed by atoms with Crippen LogP contribution in [0.5, 0.6) is 11.6 Å². The van der Waals surface area contributed by atoms with Gasteiger partial charge in [-0.25, -0.2) is 9.37 Å². The van der Waals surface area contributed by atoms with E-state index in [1.807, 2.05) is 41.1 Å². The van der Waals surface area contributed by atoms with Crippen LogP contribution in [0.4, 0.5) is 4.39 Å². The summed E-state index contributed by atoms with van der Waals surface area (Å²) in [6, 6.07) is 13.0. The first-order valence-electron chi connectivity index (χ1n) is 11.3. The molecule has 4 aromatic rings. The standard InChI is InChI=1S/C25H24FN5O2/c26-25-20-3-1-2-17(28-20)14-22(25)33-24-7-6-19(29-30-24)18-5-4-15(12-21(18)32)16-8-10-31-11-9-27-23(31)13-16/h4-13,17,20,22,25,28,32H,1-3,14H2/t17?,20?,22-,25+/m0/s1. The van der Waals surface area contributed by atoms with Crippen molar-refractivity contribution in [2.75, 3.05) is 0 Å². The Kier molecular flexibility index (Phi) is 4.95. The summed E-state index contributed by atoms with van der Waals surface area (Å²) in [7, 11) is 0. The summed E-state index contributed by atoms with van der Waals surface area (Å²) in [5.41, 5.74) is 3.76. The van der Waals surface area contributed by atoms with E-state index in [-0.39, 0.29) is 11.8 Å². The number of pyridine rings is 1. The number of phenolic OH excluding ortho intramolecular Hbond substituents is 1. The van der Waals surface area contributed by atoms with Crippen LogP contribution in [0.1, 0.15) is 25.7 Å². The number of halogens is 1. The average Bonchev–Trinajstić information content (AvgIpc) is 3.31. The molecule has 2 aliphatic heterocycles. The molecule has 0 saturated carbocycles. The number of alkyl halides is 1. The van der Waals surface area contributed by atoms with Gasteiger partial charge in [-0.3, -0.25) is 0 Å². The quantitative estimate of drug-likeness (QED) is 0.491. The van der Waals surface area contributed by atoms with E-state index in [1.165, 1.54) is 0 Å². The number of hydrogen-bond donors (Lipinski definition) is 2. The molecular formula is C25H24FN5O2. The van der Waals surface area contributed by atoms with E-state index in [0.29, 0.717) is 29.6 Å². The third-order valence-electron chi connectivity index (χ3n) is 6.69. The Balaban J connectivity index is 1.20. The summed E-state index contributed by atoms with van der Waals surface area (Å²) in [4.78, 5) is 4.31. The molecule has 8 heteroatoms. The minimum absolute atomic E-state index is 0.105. The minimum Gasteiger partial charge on any atom is -0.507 e. The number of hydrogen-bond acceptors (Lipinski definition) is 6. The fraction of sp³-hybridized carbons (Fsp3) is 0.320. The highest BCUT2D eigenvalue weighted by Crippen LogP contribution is 2.34. The van der Waals surface area contributed by atoms with Crippen molar-refractivity contribution in [3.05, 3.63) is 61.1 Å². The third-order valence-corrected chi connectivity index (χ3v) is 6.69. The molecule has 2 saturated heterocycles. The lowest BCUT2D eigenvalue weighted by Crippen LogP contribution is -2.59. The number of aromatic nitrogens is 4. The van der Waals surface area contributed by atoms with Crippen molar-refractivity contribution in [2.45, 2.75) is 50.0 Å². The Morgan fingerprint density at radius 3 is 2.79 bits per heavy atom. The van der Waals surface area contributed by atoms with Gasteiger partial charge in [-0.2, -0.15) is 0 Å². The molecule has 2 N–H and O–H groups in total. The fourth-order valence-electron chi connectivity index (χ4n) is 4.97. The van der Waals surface area contributed by atoms with Crippen molar-refractivity contribution in [3.8, 4) is 34.0 Å². The largest absolute Gasteiger partial charge is 0.507 e. The van der Waals surface area contributed by atoms with Crippen LogP contribution in [0.25, 0.3) is 28.0 Å². The maximum absolute atomic E-state index is 14.8. The first kappa shape index (κ1) is 20.1. The van der Waals surface area contributed by atoms with Crippen LogP contribution in [0.2, 0.25) is 0 Å². The Morgan fingerprint density at radius 2 is 1.94 bits per heavy atom. The van der Waals surface area contributed by atoms with Crippen molar-refractivity contribution < 1.29 is 14.2 Å². The topological polar surface area (TPSA) is 84.6 Å². The number of nitrogens with zero attached hydrogens (tertiary/aromatic N) is 4. The molecule has 33 heavy (non-hydrogen) atoms. The summed E-state index contributed by atoms with van der Waals surface area (Å²) >= 11 is 0. The third kappa shape index (κ3) is 3.80. The Labute approximate surface area is 190 Å². The van der Waals surface area contributed by atoms with Gasteiger partial charge in [-0.1, -0.05) is 12.5 Å². The number of rotatable bonds is 4. The van der Waals surface area contributed by atoms with E-state index in [0.717, 1.165) is 36.0 Å². The van der Waals surface area contributed by atoms with Crippen LogP contribution < -0.4 is 10.1 Å². The first-order valence-corrected chi connectivity index (χ1v) is 11.3. The molecule has 5 heterocycles. The summed E-state index contributed by atoms with van der Waals surface area (Å²) in [5, 5.41) is 22.4. The zero-order valence-corrected chi connectivity index (χ0v) is 17.9. The van der Waals surface area contributed by atoms with E-state index in [1.54, 1.807) is 24.4 Å². The smallest absolute Gasteiger partial charge is 0.233 e. The molecule has 7 nitrogen and oxygen atoms in total. The second-order valence-electron chi connectivity index (χ2n) is 8.83. The van der Waals surface area contributed by atoms with Gasteiger partial charge in [0.05, 0.1) is 5.69 Å². The van der Waals surface area contributed by atoms with Gasteiger partial charge in [-0.15, -0.1) is 10.2 Å². The molecule has 2 bridgehead atoms. The number of ether oxygens (including phenoxy) is 1. The molecular weight excluding hydrogens is 421 g/mol. The SMILES string of the molecule is Oc1cc(-c2ccn3ccnc3c2)ccc1-c1ccc(O[C@H]2CC3CCCC(N3)[C@H]2F)nn1. The first-order chi connectivity index (χ1) is 16.1. The van der Waals surface area contributed by atoms with E-state index in [4.69, 9.17) is 4.74 Å². The van der Waals surface area contributed by atoms with Crippen LogP contribution in [0.15, 0.2) is 61.1 Å². The Bertz CT molecular complexity index is 1290. The summed E-state index contributed by atoms with van der Waals surface area (Å²) in [6.07, 6.45) is 7.59. The number of imidazole rings is 1. The maximum Gasteiger partial charge on any atom is 0.233 e. The fourth-order valence-corrected chi connectivity index (χ4v) is 4.97. The lowest BCUT2D eigenvalue weighted by Gasteiger charge is -2.42. The van der Waals surface area contributed by atoms with E-state index < -0.39 is 12.3 Å². The van der Waals surface area contributed by atoms with Gasteiger partial charge in [0.15, 0.2) is 6.17 Å². The molecule has 6 rings (SSSR count). The number of piperidine rings is 2. The molecule has 1 aromatic carbocycles. The summed E-state index contributed by atoms with van der Waals surface area (Å²) < 4.78 is 22.6. The molecule has 0 radical (unpaired) electrons. The zero-order valence-electron chi connectivity index (χ0n) is 17.9. The Hall–Kier alpha value is -3.52. The molecule has 0 spiro atoms. The second kappa shape index (κ2) is 8.12. The van der Waals surface area contributed by atoms with Gasteiger partial charge in [-0.05, 0) is 54.3 Å². The number of fused-ring (bicyclic) bond motifs is 3. The van der Waals surface area contributed by atoms with Gasteiger partial charge in [0.25, 0.3) is 0 Å². The molecule has 168 valence electrons. The van der Waals surface area contributed by atoms with Crippen molar-refractivity contribution in [2.24, 2.45) is 0 Å². The van der Waals surface area contributed by atoms with Gasteiger partial charge in [0, 0.05) is 48.7 Å². The Morgan fingerprint density at radius 1 is 1.03 bits per heavy atom. The molecule has 0 amide bonds. The highest BCUT2D eigenvalue weighted by atomic mass is 19.1. The molecule has 0 aliphatic carbocycles. The molecule has 3 aromatic heterocycles. The van der Waals surface area contributed by atoms with Crippen LogP contribution in [-0.2, 0) is 0 Å². The number of aromatic hydroxyl groups is 1. The van der Waals surface area contributed by atoms with Gasteiger partial charge >= 0.3 is 0 Å². The van der Waals surface area contributed by atoms with Crippen molar-refractivity contribution in [1.82, 2.24) is 24.9 Å². The van der Waals surface area contributed by atoms with Gasteiger partial charge in [0.1, 0.15) is 17.5 Å². The monoisotopic (exact) mass is 445 g/mol. The lowest BCUT2D eigenvalue weighted by atomic mass is 9.84. The summed E-state index contributed by atoms with van der Waals surface area (Å²) in [6.45, 7) is 0. The van der Waals surface area contributed by atoms with Crippen LogP contribution in [0, 0.1) is 0 Å². The van der Waals surface area contributed by atoms with E-state index in [9.17, 15) is 9.50 Å². The van der Waals surface area contributed by atoms with E-state index >= 15 is 0 Å². The maximum atomic E-state index is 14.8. The second-order valence-corrected chi connectivity index (χ2v) is 8.83. The van der Waals surface area contributed by atoms with E-state index in [2.05, 4.69) is 20.5 Å². The average molecular weight is 445 g/mol. The highest BCUT2D eigenvalue weighted by molar-refractivity contribution is 5.75. The van der Waals surface area contributed by atoms with Gasteiger partial charge in [0.2, 0.25) is 5.88 Å². The number of nitrogens with one attached hydrogen (secondary N) is 1. The van der Waals surface area contributed by atoms with Crippen molar-refractivity contribution >= 4 is 5.65 Å². The summed E-state index contributed by atoms with van der Waals surface area (Å²) in [5.74, 6) is 0.407. The van der Waals surface area contributed by atoms with Crippen molar-refractivity contribution in [1.29, 1.82) is 0 Å². The minimum atomic E-state index is -1.05. The predicted octanol–water partition coefficient (Wildman–Crippen LogP) is 4.16. The lowest BCUT2D eigenvalue weighted by molar-refractivity contribution is 0.00652. The molecule has 2 unspecified atom stereocenters. The van der Waals surface area contributed by atoms with Crippen LogP contribution in [0.3, 0.4) is 0 Å².